The summed E-state index contributed by atoms with van der Waals surface area (Å²) in [6.07, 6.45) is 2.08. The largest absolute Gasteiger partial charge is 0.344 e. The summed E-state index contributed by atoms with van der Waals surface area (Å²) in [6.45, 7) is 3.42. The first kappa shape index (κ1) is 11.4. The van der Waals surface area contributed by atoms with Crippen LogP contribution >= 0.6 is 0 Å². The molecule has 2 heterocycles. The van der Waals surface area contributed by atoms with Crippen molar-refractivity contribution in [3.8, 4) is 0 Å². The van der Waals surface area contributed by atoms with Gasteiger partial charge in [-0.3, -0.25) is 9.59 Å². The van der Waals surface area contributed by atoms with Crippen molar-refractivity contribution in [1.29, 1.82) is 0 Å². The minimum absolute atomic E-state index is 0.0134. The Morgan fingerprint density at radius 1 is 1.62 bits per heavy atom. The van der Waals surface area contributed by atoms with Crippen LogP contribution in [0.1, 0.15) is 26.2 Å². The molecule has 5 heteroatoms. The third kappa shape index (κ3) is 2.04. The first-order valence-electron chi connectivity index (χ1n) is 5.91. The first-order valence-corrected chi connectivity index (χ1v) is 5.91. The lowest BCUT2D eigenvalue weighted by atomic mass is 10.1. The molecular weight excluding hydrogens is 206 g/mol. The predicted octanol–water partition coefficient (Wildman–Crippen LogP) is -0.539. The van der Waals surface area contributed by atoms with E-state index in [-0.39, 0.29) is 23.9 Å². The van der Waals surface area contributed by atoms with E-state index in [1.165, 1.54) is 0 Å². The highest BCUT2D eigenvalue weighted by Gasteiger charge is 2.37. The van der Waals surface area contributed by atoms with E-state index in [1.54, 1.807) is 0 Å². The van der Waals surface area contributed by atoms with E-state index in [0.717, 1.165) is 13.0 Å². The molecular formula is C11H19N3O2. The van der Waals surface area contributed by atoms with Gasteiger partial charge in [0.2, 0.25) is 11.8 Å². The summed E-state index contributed by atoms with van der Waals surface area (Å²) < 4.78 is 0. The van der Waals surface area contributed by atoms with Crippen LogP contribution in [-0.4, -0.2) is 41.9 Å². The number of nitrogens with two attached hydrogens (primary N) is 1. The van der Waals surface area contributed by atoms with Crippen LogP contribution in [0.5, 0.6) is 0 Å². The number of carbonyl (C=O) groups excluding carboxylic acids is 2. The van der Waals surface area contributed by atoms with E-state index < -0.39 is 0 Å². The molecule has 16 heavy (non-hydrogen) atoms. The highest BCUT2D eigenvalue weighted by molar-refractivity contribution is 5.91. The number of hydrogen-bond acceptors (Lipinski definition) is 3. The third-order valence-corrected chi connectivity index (χ3v) is 3.57. The quantitative estimate of drug-likeness (QED) is 0.663. The predicted molar refractivity (Wildman–Crippen MR) is 59.5 cm³/mol. The molecule has 2 unspecified atom stereocenters. The maximum Gasteiger partial charge on any atom is 0.245 e. The maximum absolute atomic E-state index is 12.1. The zero-order valence-corrected chi connectivity index (χ0v) is 9.61. The fraction of sp³-hybridized carbons (Fsp3) is 0.818. The van der Waals surface area contributed by atoms with Gasteiger partial charge < -0.3 is 16.0 Å². The molecule has 3 atom stereocenters. The van der Waals surface area contributed by atoms with Crippen molar-refractivity contribution >= 4 is 11.8 Å². The molecule has 2 rings (SSSR count). The van der Waals surface area contributed by atoms with Crippen LogP contribution in [0.2, 0.25) is 0 Å². The molecule has 0 radical (unpaired) electrons. The van der Waals surface area contributed by atoms with E-state index >= 15 is 0 Å². The normalized spacial score (nSPS) is 34.2. The lowest BCUT2D eigenvalue weighted by molar-refractivity contribution is -0.135. The number of hydrogen-bond donors (Lipinski definition) is 2. The summed E-state index contributed by atoms with van der Waals surface area (Å²) >= 11 is 0. The molecule has 2 fully saturated rings. The number of rotatable bonds is 2. The topological polar surface area (TPSA) is 75.4 Å². The van der Waals surface area contributed by atoms with Gasteiger partial charge in [0.25, 0.3) is 0 Å². The van der Waals surface area contributed by atoms with Crippen molar-refractivity contribution in [2.75, 3.05) is 13.1 Å². The Morgan fingerprint density at radius 2 is 2.38 bits per heavy atom. The Hall–Kier alpha value is -1.10. The van der Waals surface area contributed by atoms with Crippen LogP contribution in [0.25, 0.3) is 0 Å². The van der Waals surface area contributed by atoms with Gasteiger partial charge in [-0.2, -0.15) is 0 Å². The monoisotopic (exact) mass is 225 g/mol. The molecule has 0 aromatic carbocycles. The van der Waals surface area contributed by atoms with Gasteiger partial charge in [-0.05, 0) is 32.2 Å². The SMILES string of the molecule is CC1CC(CN)CN1C(=O)[C@@H]1CCC(=O)N1. The summed E-state index contributed by atoms with van der Waals surface area (Å²) in [6, 6.07) is -0.0509. The Balaban J connectivity index is 1.97. The molecule has 0 bridgehead atoms. The summed E-state index contributed by atoms with van der Waals surface area (Å²) in [5.74, 6) is 0.464. The zero-order chi connectivity index (χ0) is 11.7. The van der Waals surface area contributed by atoms with Crippen molar-refractivity contribution in [1.82, 2.24) is 10.2 Å². The van der Waals surface area contributed by atoms with Gasteiger partial charge in [-0.25, -0.2) is 0 Å². The lowest BCUT2D eigenvalue weighted by Gasteiger charge is -2.24. The fourth-order valence-corrected chi connectivity index (χ4v) is 2.62. The van der Waals surface area contributed by atoms with Crippen LogP contribution in [0, 0.1) is 5.92 Å². The van der Waals surface area contributed by atoms with E-state index in [1.807, 2.05) is 11.8 Å². The second-order valence-electron chi connectivity index (χ2n) is 4.84. The summed E-state index contributed by atoms with van der Waals surface area (Å²) in [5.41, 5.74) is 5.63. The smallest absolute Gasteiger partial charge is 0.245 e. The molecule has 2 aliphatic rings. The molecule has 0 spiro atoms. The first-order chi connectivity index (χ1) is 7.61. The van der Waals surface area contributed by atoms with Gasteiger partial charge >= 0.3 is 0 Å². The van der Waals surface area contributed by atoms with Crippen molar-refractivity contribution in [3.05, 3.63) is 0 Å². The van der Waals surface area contributed by atoms with E-state index in [9.17, 15) is 9.59 Å². The molecule has 90 valence electrons. The maximum atomic E-state index is 12.1. The molecule has 0 aromatic rings. The molecule has 0 aromatic heterocycles. The van der Waals surface area contributed by atoms with Crippen molar-refractivity contribution < 1.29 is 9.59 Å². The van der Waals surface area contributed by atoms with Crippen LogP contribution in [0.3, 0.4) is 0 Å². The minimum Gasteiger partial charge on any atom is -0.344 e. The van der Waals surface area contributed by atoms with Crippen LogP contribution in [-0.2, 0) is 9.59 Å². The van der Waals surface area contributed by atoms with Gasteiger partial charge in [0.1, 0.15) is 6.04 Å². The van der Waals surface area contributed by atoms with Gasteiger partial charge in [0, 0.05) is 19.0 Å². The second-order valence-corrected chi connectivity index (χ2v) is 4.84. The van der Waals surface area contributed by atoms with E-state index in [2.05, 4.69) is 5.32 Å². The second kappa shape index (κ2) is 4.41. The van der Waals surface area contributed by atoms with Gasteiger partial charge in [0.05, 0.1) is 0 Å². The van der Waals surface area contributed by atoms with Crippen LogP contribution in [0.4, 0.5) is 0 Å². The van der Waals surface area contributed by atoms with Gasteiger partial charge in [0.15, 0.2) is 0 Å². The molecule has 2 aliphatic heterocycles. The van der Waals surface area contributed by atoms with Crippen LogP contribution < -0.4 is 11.1 Å². The molecule has 3 N–H and O–H groups in total. The Morgan fingerprint density at radius 3 is 2.88 bits per heavy atom. The number of amides is 2. The lowest BCUT2D eigenvalue weighted by Crippen LogP contribution is -2.46. The van der Waals surface area contributed by atoms with Crippen molar-refractivity contribution in [3.63, 3.8) is 0 Å². The van der Waals surface area contributed by atoms with Gasteiger partial charge in [-0.1, -0.05) is 0 Å². The van der Waals surface area contributed by atoms with Crippen molar-refractivity contribution in [2.45, 2.75) is 38.3 Å². The third-order valence-electron chi connectivity index (χ3n) is 3.57. The Bertz CT molecular complexity index is 306. The fourth-order valence-electron chi connectivity index (χ4n) is 2.62. The highest BCUT2D eigenvalue weighted by Crippen LogP contribution is 2.24. The van der Waals surface area contributed by atoms with Gasteiger partial charge in [-0.15, -0.1) is 0 Å². The van der Waals surface area contributed by atoms with E-state index in [0.29, 0.717) is 25.3 Å². The number of carbonyl (C=O) groups is 2. The molecule has 5 nitrogen and oxygen atoms in total. The number of nitrogens with one attached hydrogen (secondary N) is 1. The average Bonchev–Trinajstić information content (AvgIpc) is 2.83. The highest BCUT2D eigenvalue weighted by atomic mass is 16.2. The average molecular weight is 225 g/mol. The van der Waals surface area contributed by atoms with Crippen molar-refractivity contribution in [2.24, 2.45) is 11.7 Å². The number of nitrogens with zero attached hydrogens (tertiary/aromatic N) is 1. The number of likely N-dealkylation sites (tertiary alicyclic amines) is 1. The summed E-state index contributed by atoms with van der Waals surface area (Å²) in [4.78, 5) is 25.1. The Kier molecular flexibility index (Phi) is 3.14. The van der Waals surface area contributed by atoms with Crippen LogP contribution in [0.15, 0.2) is 0 Å². The molecule has 0 aliphatic carbocycles. The molecule has 0 saturated carbocycles. The molecule has 2 saturated heterocycles. The van der Waals surface area contributed by atoms with E-state index in [4.69, 9.17) is 5.73 Å². The standard InChI is InChI=1S/C11H19N3O2/c1-7-4-8(5-12)6-14(7)11(16)9-2-3-10(15)13-9/h7-9H,2-6,12H2,1H3,(H,13,15)/t7?,8?,9-/m0/s1. The zero-order valence-electron chi connectivity index (χ0n) is 9.61. The minimum atomic E-state index is -0.300. The summed E-state index contributed by atoms with van der Waals surface area (Å²) in [5, 5.41) is 2.72. The Labute approximate surface area is 95.3 Å². The summed E-state index contributed by atoms with van der Waals surface area (Å²) in [7, 11) is 0. The molecule has 2 amide bonds.